The number of carbonyl (C=O) groups excluding carboxylic acids is 1. The molecule has 0 bridgehead atoms. The van der Waals surface area contributed by atoms with Crippen LogP contribution in [0.2, 0.25) is 0 Å². The largest absolute Gasteiger partial charge is 0.489 e. The first-order valence-corrected chi connectivity index (χ1v) is 15.5. The lowest BCUT2D eigenvalue weighted by Gasteiger charge is -2.34. The zero-order valence-electron chi connectivity index (χ0n) is 26.7. The normalized spacial score (nSPS) is 15.1. The Labute approximate surface area is 285 Å². The van der Waals surface area contributed by atoms with E-state index in [2.05, 4.69) is 49.2 Å². The quantitative estimate of drug-likeness (QED) is 0.0317. The van der Waals surface area contributed by atoms with Crippen LogP contribution in [-0.4, -0.2) is 65.4 Å². The maximum atomic E-state index is 15.8. The Morgan fingerprint density at radius 3 is 2.24 bits per heavy atom. The molecule has 1 aromatic heterocycles. The second-order valence-electron chi connectivity index (χ2n) is 11.5. The van der Waals surface area contributed by atoms with Gasteiger partial charge < -0.3 is 20.6 Å². The van der Waals surface area contributed by atoms with Crippen LogP contribution in [0.15, 0.2) is 100 Å². The van der Waals surface area contributed by atoms with Crippen LogP contribution in [-0.2, 0) is 29.5 Å². The van der Waals surface area contributed by atoms with Gasteiger partial charge in [0.05, 0.1) is 6.54 Å². The van der Waals surface area contributed by atoms with Gasteiger partial charge in [-0.3, -0.25) is 19.7 Å². The lowest BCUT2D eigenvalue weighted by atomic mass is 9.84. The van der Waals surface area contributed by atoms with Crippen LogP contribution in [0.4, 0.5) is 17.6 Å². The number of carbonyl (C=O) groups is 1. The number of alkyl halides is 2. The van der Waals surface area contributed by atoms with Crippen LogP contribution in [0, 0.1) is 23.5 Å². The van der Waals surface area contributed by atoms with Crippen molar-refractivity contribution in [3.05, 3.63) is 130 Å². The molecule has 0 aliphatic carbocycles. The molecule has 0 radical (unpaired) electrons. The van der Waals surface area contributed by atoms with Gasteiger partial charge >= 0.3 is 5.92 Å². The van der Waals surface area contributed by atoms with E-state index in [1.165, 1.54) is 11.6 Å². The molecule has 2 heterocycles. The van der Waals surface area contributed by atoms with E-state index < -0.39 is 41.0 Å². The number of pyridine rings is 1. The third kappa shape index (κ3) is 8.68. The molecule has 4 aromatic rings. The molecule has 10 nitrogen and oxygen atoms in total. The molecule has 1 amide bonds. The monoisotopic (exact) mass is 687 g/mol. The molecule has 3 aromatic carbocycles. The number of benzene rings is 3. The Bertz CT molecular complexity index is 1870. The first-order valence-electron chi connectivity index (χ1n) is 15.5. The molecule has 1 aliphatic rings. The molecule has 1 atom stereocenters. The van der Waals surface area contributed by atoms with E-state index in [0.29, 0.717) is 29.5 Å². The number of aromatic nitrogens is 1. The third-order valence-corrected chi connectivity index (χ3v) is 8.10. The summed E-state index contributed by atoms with van der Waals surface area (Å²) >= 11 is 0. The number of halogens is 4. The van der Waals surface area contributed by atoms with E-state index in [0.717, 1.165) is 75.4 Å². The van der Waals surface area contributed by atoms with E-state index in [-0.39, 0.29) is 0 Å². The van der Waals surface area contributed by atoms with Crippen LogP contribution >= 0.6 is 0 Å². The average Bonchev–Trinajstić information content (AvgIpc) is 3.13. The predicted octanol–water partition coefficient (Wildman–Crippen LogP) is 4.95. The SMILES string of the molecule is NN=NC=NCC(O)(c1ccc(F)cc1F)C(F)(F)c1ccc(C#Cc2ccc(OCc3ccc(CN4CCN(C=O)CC4)cc3)cc2)cn1. The standard InChI is InChI=1S/C36H33F4N7O3/c37-30-10-13-32(33(38)19-30)35(49,23-42-24-44-45-41)36(39,40)34-14-9-27(20-43-34)2-1-26-7-11-31(12-8-26)50-22-29-5-3-28(4-6-29)21-46-15-17-47(25-48)18-16-46/h3-14,19-20,24-25,49H,15-18,21-23H2,(H2,41,42,44). The van der Waals surface area contributed by atoms with Crippen molar-refractivity contribution in [3.8, 4) is 17.6 Å². The molecule has 3 N–H and O–H groups in total. The van der Waals surface area contributed by atoms with Crippen molar-refractivity contribution in [1.82, 2.24) is 14.8 Å². The Morgan fingerprint density at radius 2 is 1.60 bits per heavy atom. The maximum Gasteiger partial charge on any atom is 0.323 e. The molecule has 258 valence electrons. The molecule has 50 heavy (non-hydrogen) atoms. The summed E-state index contributed by atoms with van der Waals surface area (Å²) in [5, 5.41) is 17.3. The lowest BCUT2D eigenvalue weighted by Crippen LogP contribution is -2.47. The number of rotatable bonds is 12. The summed E-state index contributed by atoms with van der Waals surface area (Å²) in [7, 11) is 0. The van der Waals surface area contributed by atoms with Crippen LogP contribution in [0.25, 0.3) is 0 Å². The van der Waals surface area contributed by atoms with Gasteiger partial charge in [0, 0.05) is 61.7 Å². The molecule has 1 unspecified atom stereocenters. The first-order chi connectivity index (χ1) is 24.1. The molecular formula is C36H33F4N7O3. The molecule has 0 spiro atoms. The third-order valence-electron chi connectivity index (χ3n) is 8.10. The van der Waals surface area contributed by atoms with Crippen molar-refractivity contribution >= 4 is 12.7 Å². The van der Waals surface area contributed by atoms with Crippen LogP contribution in [0.5, 0.6) is 5.75 Å². The fraction of sp³-hybridized carbons (Fsp3) is 0.250. The zero-order valence-corrected chi connectivity index (χ0v) is 26.7. The summed E-state index contributed by atoms with van der Waals surface area (Å²) in [6, 6.07) is 19.3. The number of nitrogens with two attached hydrogens (primary N) is 1. The Morgan fingerprint density at radius 1 is 0.920 bits per heavy atom. The summed E-state index contributed by atoms with van der Waals surface area (Å²) in [5.41, 5.74) is -1.91. The topological polar surface area (TPSA) is 129 Å². The average molecular weight is 688 g/mol. The highest BCUT2D eigenvalue weighted by atomic mass is 19.3. The second kappa shape index (κ2) is 16.2. The minimum atomic E-state index is -4.19. The van der Waals surface area contributed by atoms with Crippen molar-refractivity contribution in [2.45, 2.75) is 24.7 Å². The zero-order chi connectivity index (χ0) is 35.6. The van der Waals surface area contributed by atoms with Crippen LogP contribution in [0.1, 0.15) is 33.5 Å². The van der Waals surface area contributed by atoms with E-state index in [1.807, 2.05) is 12.1 Å². The highest BCUT2D eigenvalue weighted by molar-refractivity contribution is 5.54. The summed E-state index contributed by atoms with van der Waals surface area (Å²) in [5.74, 6) is 4.70. The van der Waals surface area contributed by atoms with Gasteiger partial charge in [-0.25, -0.2) is 8.78 Å². The van der Waals surface area contributed by atoms with E-state index in [9.17, 15) is 18.7 Å². The molecule has 14 heteroatoms. The van der Waals surface area contributed by atoms with E-state index in [4.69, 9.17) is 10.6 Å². The molecular weight excluding hydrogens is 654 g/mol. The van der Waals surface area contributed by atoms with Crippen molar-refractivity contribution in [2.24, 2.45) is 21.2 Å². The fourth-order valence-corrected chi connectivity index (χ4v) is 5.25. The number of aliphatic hydroxyl groups is 1. The number of nitrogens with zero attached hydrogens (tertiary/aromatic N) is 6. The van der Waals surface area contributed by atoms with Crippen molar-refractivity contribution in [3.63, 3.8) is 0 Å². The Hall–Kier alpha value is -5.65. The molecule has 5 rings (SSSR count). The van der Waals surface area contributed by atoms with Gasteiger partial charge in [-0.15, -0.1) is 5.11 Å². The van der Waals surface area contributed by atoms with E-state index >= 15 is 8.78 Å². The number of piperazine rings is 1. The maximum absolute atomic E-state index is 15.8. The summed E-state index contributed by atoms with van der Waals surface area (Å²) in [6.07, 6.45) is 2.71. The van der Waals surface area contributed by atoms with Gasteiger partial charge in [-0.05, 0) is 59.7 Å². The number of hydrogen-bond donors (Lipinski definition) is 2. The highest BCUT2D eigenvalue weighted by Crippen LogP contribution is 2.46. The van der Waals surface area contributed by atoms with Gasteiger partial charge in [0.1, 0.15) is 36.0 Å². The smallest absolute Gasteiger partial charge is 0.323 e. The highest BCUT2D eigenvalue weighted by Gasteiger charge is 2.57. The van der Waals surface area contributed by atoms with Crippen LogP contribution in [0.3, 0.4) is 0 Å². The molecule has 0 saturated carbocycles. The number of aliphatic imine (C=N–C) groups is 1. The second-order valence-corrected chi connectivity index (χ2v) is 11.5. The minimum absolute atomic E-state index is 0.300. The Kier molecular flexibility index (Phi) is 11.5. The first kappa shape index (κ1) is 35.7. The molecule has 1 aliphatic heterocycles. The van der Waals surface area contributed by atoms with Gasteiger partial charge in [-0.1, -0.05) is 41.3 Å². The molecule has 1 saturated heterocycles. The van der Waals surface area contributed by atoms with Crippen molar-refractivity contribution in [1.29, 1.82) is 0 Å². The fourth-order valence-electron chi connectivity index (χ4n) is 5.25. The van der Waals surface area contributed by atoms with Gasteiger partial charge in [0.25, 0.3) is 0 Å². The van der Waals surface area contributed by atoms with Crippen LogP contribution < -0.4 is 10.6 Å². The number of ether oxygens (including phenoxy) is 1. The van der Waals surface area contributed by atoms with Gasteiger partial charge in [0.15, 0.2) is 5.60 Å². The summed E-state index contributed by atoms with van der Waals surface area (Å²) in [6.45, 7) is 3.31. The molecule has 1 fully saturated rings. The number of amides is 1. The lowest BCUT2D eigenvalue weighted by molar-refractivity contribution is -0.193. The van der Waals surface area contributed by atoms with Crippen molar-refractivity contribution < 1.29 is 32.2 Å². The van der Waals surface area contributed by atoms with E-state index in [1.54, 1.807) is 29.2 Å². The van der Waals surface area contributed by atoms with Crippen molar-refractivity contribution in [2.75, 3.05) is 32.7 Å². The summed E-state index contributed by atoms with van der Waals surface area (Å²) in [4.78, 5) is 22.4. The van der Waals surface area contributed by atoms with Gasteiger partial charge in [0.2, 0.25) is 6.41 Å². The number of hydrogen-bond acceptors (Lipinski definition) is 7. The summed E-state index contributed by atoms with van der Waals surface area (Å²) < 4.78 is 65.7. The minimum Gasteiger partial charge on any atom is -0.489 e. The predicted molar refractivity (Wildman–Crippen MR) is 177 cm³/mol. The Balaban J connectivity index is 1.19. The van der Waals surface area contributed by atoms with Gasteiger partial charge in [-0.2, -0.15) is 8.78 Å².